The van der Waals surface area contributed by atoms with Gasteiger partial charge in [-0.15, -0.1) is 0 Å². The predicted octanol–water partition coefficient (Wildman–Crippen LogP) is 2.83. The summed E-state index contributed by atoms with van der Waals surface area (Å²) in [5.74, 6) is 4.95. The van der Waals surface area contributed by atoms with Gasteiger partial charge in [0.2, 0.25) is 0 Å². The molecule has 11 heavy (non-hydrogen) atoms. The van der Waals surface area contributed by atoms with E-state index in [4.69, 9.17) is 0 Å². The predicted molar refractivity (Wildman–Crippen MR) is 44.1 cm³/mol. The highest BCUT2D eigenvalue weighted by molar-refractivity contribution is 5.30. The Morgan fingerprint density at radius 2 is 2.00 bits per heavy atom. The summed E-state index contributed by atoms with van der Waals surface area (Å²) < 4.78 is 0. The molecule has 0 heterocycles. The van der Waals surface area contributed by atoms with Gasteiger partial charge in [0, 0.05) is 0 Å². The van der Waals surface area contributed by atoms with Crippen LogP contribution in [-0.4, -0.2) is 0 Å². The number of hydrogen-bond acceptors (Lipinski definition) is 0. The highest BCUT2D eigenvalue weighted by Gasteiger charge is 2.82. The van der Waals surface area contributed by atoms with Crippen molar-refractivity contribution < 1.29 is 0 Å². The highest BCUT2D eigenvalue weighted by atomic mass is 14.9. The minimum absolute atomic E-state index is 1.02. The molecular weight excluding hydrogens is 132 g/mol. The van der Waals surface area contributed by atoms with Crippen LogP contribution in [0.5, 0.6) is 0 Å². The zero-order valence-electron chi connectivity index (χ0n) is 7.05. The fraction of sp³-hybridized carbons (Fsp3) is 1.00. The van der Waals surface area contributed by atoms with Crippen molar-refractivity contribution in [1.29, 1.82) is 0 Å². The lowest BCUT2D eigenvalue weighted by molar-refractivity contribution is 0.402. The van der Waals surface area contributed by atoms with Crippen molar-refractivity contribution in [3.63, 3.8) is 0 Å². The van der Waals surface area contributed by atoms with E-state index in [2.05, 4.69) is 0 Å². The van der Waals surface area contributed by atoms with Gasteiger partial charge in [-0.3, -0.25) is 0 Å². The molecule has 4 saturated carbocycles. The first-order chi connectivity index (χ1) is 5.43. The maximum Gasteiger partial charge on any atom is -0.0201 e. The third-order valence-corrected chi connectivity index (χ3v) is 5.27. The average molecular weight is 148 g/mol. The van der Waals surface area contributed by atoms with Gasteiger partial charge in [0.15, 0.2) is 0 Å². The Morgan fingerprint density at radius 3 is 3.00 bits per heavy atom. The largest absolute Gasteiger partial charge is 0.0530 e. The maximum atomic E-state index is 1.65. The molecule has 0 nitrogen and oxygen atoms in total. The van der Waals surface area contributed by atoms with Crippen LogP contribution in [0, 0.1) is 29.1 Å². The van der Waals surface area contributed by atoms with E-state index in [-0.39, 0.29) is 0 Å². The van der Waals surface area contributed by atoms with Gasteiger partial charge in [0.05, 0.1) is 0 Å². The first kappa shape index (κ1) is 5.61. The first-order valence-electron chi connectivity index (χ1n) is 5.43. The fourth-order valence-corrected chi connectivity index (χ4v) is 4.90. The molecule has 0 aromatic carbocycles. The van der Waals surface area contributed by atoms with Crippen molar-refractivity contribution in [3.8, 4) is 0 Å². The SMILES string of the molecule is C1CCC2C3C(C1)CC1CC123. The summed E-state index contributed by atoms with van der Waals surface area (Å²) in [6.45, 7) is 0. The molecule has 5 unspecified atom stereocenters. The molecule has 1 spiro atoms. The molecule has 0 radical (unpaired) electrons. The lowest BCUT2D eigenvalue weighted by atomic mass is 9.95. The molecule has 60 valence electrons. The van der Waals surface area contributed by atoms with Crippen LogP contribution in [0.3, 0.4) is 0 Å². The van der Waals surface area contributed by atoms with Crippen LogP contribution in [0.2, 0.25) is 0 Å². The minimum atomic E-state index is 1.02. The van der Waals surface area contributed by atoms with Gasteiger partial charge in [0.1, 0.15) is 0 Å². The summed E-state index contributed by atoms with van der Waals surface area (Å²) in [6.07, 6.45) is 9.61. The standard InChI is InChI=1S/C11H16/c1-2-4-9-10-7(3-1)5-8-6-11(8,9)10/h7-10H,1-6H2. The van der Waals surface area contributed by atoms with Crippen LogP contribution in [0.1, 0.15) is 38.5 Å². The molecule has 4 fully saturated rings. The minimum Gasteiger partial charge on any atom is -0.0530 e. The Labute approximate surface area is 68.4 Å². The van der Waals surface area contributed by atoms with E-state index in [1.807, 2.05) is 0 Å². The smallest absolute Gasteiger partial charge is 0.0201 e. The molecule has 0 heteroatoms. The lowest BCUT2D eigenvalue weighted by Gasteiger charge is -2.10. The topological polar surface area (TPSA) is 0 Å². The molecule has 0 bridgehead atoms. The Bertz CT molecular complexity index is 216. The zero-order valence-corrected chi connectivity index (χ0v) is 7.05. The lowest BCUT2D eigenvalue weighted by Crippen LogP contribution is -2.00. The average Bonchev–Trinajstić information content (AvgIpc) is 2.84. The molecule has 4 rings (SSSR count). The summed E-state index contributed by atoms with van der Waals surface area (Å²) in [6, 6.07) is 0. The quantitative estimate of drug-likeness (QED) is 0.495. The summed E-state index contributed by atoms with van der Waals surface area (Å²) in [7, 11) is 0. The van der Waals surface area contributed by atoms with Crippen molar-refractivity contribution in [3.05, 3.63) is 0 Å². The summed E-state index contributed by atoms with van der Waals surface area (Å²) in [4.78, 5) is 0. The van der Waals surface area contributed by atoms with Gasteiger partial charge in [-0.05, 0) is 48.3 Å². The first-order valence-corrected chi connectivity index (χ1v) is 5.43. The van der Waals surface area contributed by atoms with Crippen molar-refractivity contribution in [2.45, 2.75) is 38.5 Å². The van der Waals surface area contributed by atoms with Crippen LogP contribution < -0.4 is 0 Å². The van der Waals surface area contributed by atoms with E-state index in [9.17, 15) is 0 Å². The molecule has 0 aliphatic heterocycles. The molecule has 0 N–H and O–H groups in total. The van der Waals surface area contributed by atoms with Gasteiger partial charge in [-0.25, -0.2) is 0 Å². The van der Waals surface area contributed by atoms with Crippen LogP contribution in [-0.2, 0) is 0 Å². The van der Waals surface area contributed by atoms with Gasteiger partial charge >= 0.3 is 0 Å². The Morgan fingerprint density at radius 1 is 1.09 bits per heavy atom. The summed E-state index contributed by atoms with van der Waals surface area (Å²) in [5.41, 5.74) is 1.02. The summed E-state index contributed by atoms with van der Waals surface area (Å²) >= 11 is 0. The molecule has 0 aromatic heterocycles. The second kappa shape index (κ2) is 1.41. The van der Waals surface area contributed by atoms with Gasteiger partial charge in [0.25, 0.3) is 0 Å². The van der Waals surface area contributed by atoms with Gasteiger partial charge in [-0.1, -0.05) is 19.3 Å². The number of hydrogen-bond donors (Lipinski definition) is 0. The van der Waals surface area contributed by atoms with Gasteiger partial charge < -0.3 is 0 Å². The fourth-order valence-electron chi connectivity index (χ4n) is 4.90. The molecule has 0 aromatic rings. The van der Waals surface area contributed by atoms with Crippen LogP contribution in [0.4, 0.5) is 0 Å². The molecular formula is C11H16. The van der Waals surface area contributed by atoms with E-state index in [1.165, 1.54) is 23.7 Å². The second-order valence-electron chi connectivity index (χ2n) is 5.43. The molecule has 4 aliphatic carbocycles. The van der Waals surface area contributed by atoms with E-state index >= 15 is 0 Å². The van der Waals surface area contributed by atoms with Crippen LogP contribution in [0.25, 0.3) is 0 Å². The zero-order chi connectivity index (χ0) is 7.05. The summed E-state index contributed by atoms with van der Waals surface area (Å²) in [5, 5.41) is 0. The van der Waals surface area contributed by atoms with Crippen molar-refractivity contribution >= 4 is 0 Å². The molecule has 4 aliphatic rings. The molecule has 0 amide bonds. The number of rotatable bonds is 0. The second-order valence-corrected chi connectivity index (χ2v) is 5.43. The Hall–Kier alpha value is 0. The third kappa shape index (κ3) is 0.443. The Balaban J connectivity index is 1.76. The van der Waals surface area contributed by atoms with E-state index in [1.54, 1.807) is 38.5 Å². The van der Waals surface area contributed by atoms with Crippen molar-refractivity contribution in [2.75, 3.05) is 0 Å². The van der Waals surface area contributed by atoms with Crippen molar-refractivity contribution in [1.82, 2.24) is 0 Å². The maximum absolute atomic E-state index is 1.65. The molecule has 0 saturated heterocycles. The van der Waals surface area contributed by atoms with Crippen LogP contribution >= 0.6 is 0 Å². The van der Waals surface area contributed by atoms with E-state index in [0.717, 1.165) is 5.41 Å². The monoisotopic (exact) mass is 148 g/mol. The van der Waals surface area contributed by atoms with E-state index in [0.29, 0.717) is 0 Å². The van der Waals surface area contributed by atoms with Gasteiger partial charge in [-0.2, -0.15) is 0 Å². The normalized spacial score (nSPS) is 69.8. The van der Waals surface area contributed by atoms with Crippen LogP contribution in [0.15, 0.2) is 0 Å². The third-order valence-electron chi connectivity index (χ3n) is 5.27. The van der Waals surface area contributed by atoms with Crippen molar-refractivity contribution in [2.24, 2.45) is 29.1 Å². The molecule has 5 atom stereocenters. The Kier molecular flexibility index (Phi) is 0.717. The van der Waals surface area contributed by atoms with E-state index < -0.39 is 0 Å². The highest BCUT2D eigenvalue weighted by Crippen LogP contribution is 2.88.